The number of sulfonamides is 1. The number of amides is 1. The molecule has 28 heavy (non-hydrogen) atoms. The molecule has 6 nitrogen and oxygen atoms in total. The summed E-state index contributed by atoms with van der Waals surface area (Å²) in [6.45, 7) is 1.47. The van der Waals surface area contributed by atoms with Gasteiger partial charge in [0.1, 0.15) is 0 Å². The van der Waals surface area contributed by atoms with Crippen LogP contribution in [0.15, 0.2) is 57.9 Å². The lowest BCUT2D eigenvalue weighted by molar-refractivity contribution is 0.0663. The molecule has 1 fully saturated rings. The Bertz CT molecular complexity index is 920. The number of hydrogen-bond acceptors (Lipinski definition) is 4. The number of rotatable bonds is 5. The highest BCUT2D eigenvalue weighted by atomic mass is 79.9. The van der Waals surface area contributed by atoms with Crippen molar-refractivity contribution in [2.75, 3.05) is 31.9 Å². The Hall–Kier alpha value is -1.90. The molecule has 0 aliphatic carbocycles. The van der Waals surface area contributed by atoms with Crippen molar-refractivity contribution in [3.05, 3.63) is 58.6 Å². The second-order valence-electron chi connectivity index (χ2n) is 7.12. The summed E-state index contributed by atoms with van der Waals surface area (Å²) in [6.07, 6.45) is 1.92. The number of likely N-dealkylation sites (tertiary alicyclic amines) is 1. The molecule has 1 aliphatic heterocycles. The summed E-state index contributed by atoms with van der Waals surface area (Å²) < 4.78 is 28.3. The van der Waals surface area contributed by atoms with E-state index in [1.807, 2.05) is 4.90 Å². The predicted octanol–water partition coefficient (Wildman–Crippen LogP) is 3.42. The Morgan fingerprint density at radius 1 is 1.04 bits per heavy atom. The van der Waals surface area contributed by atoms with Crippen LogP contribution < -0.4 is 4.72 Å². The molecule has 0 radical (unpaired) electrons. The molecule has 2 aromatic rings. The predicted molar refractivity (Wildman–Crippen MR) is 114 cm³/mol. The highest BCUT2D eigenvalue weighted by molar-refractivity contribution is 9.10. The maximum absolute atomic E-state index is 12.7. The number of nitrogens with one attached hydrogen (secondary N) is 1. The minimum atomic E-state index is -3.67. The number of carbonyl (C=O) groups is 1. The third-order valence-electron chi connectivity index (χ3n) is 4.99. The summed E-state index contributed by atoms with van der Waals surface area (Å²) in [4.78, 5) is 16.9. The molecule has 1 saturated heterocycles. The molecule has 1 amide bonds. The maximum Gasteiger partial charge on any atom is 0.261 e. The largest absolute Gasteiger partial charge is 0.339 e. The van der Waals surface area contributed by atoms with E-state index in [1.54, 1.807) is 36.4 Å². The van der Waals surface area contributed by atoms with Gasteiger partial charge < -0.3 is 9.80 Å². The van der Waals surface area contributed by atoms with Crippen LogP contribution in [0.4, 0.5) is 5.69 Å². The Balaban J connectivity index is 1.65. The van der Waals surface area contributed by atoms with E-state index in [-0.39, 0.29) is 10.8 Å². The molecule has 3 rings (SSSR count). The molecule has 150 valence electrons. The lowest BCUT2D eigenvalue weighted by Gasteiger charge is -2.35. The average molecular weight is 466 g/mol. The van der Waals surface area contributed by atoms with E-state index >= 15 is 0 Å². The molecule has 8 heteroatoms. The van der Waals surface area contributed by atoms with E-state index < -0.39 is 10.0 Å². The quantitative estimate of drug-likeness (QED) is 0.734. The first-order valence-electron chi connectivity index (χ1n) is 9.10. The van der Waals surface area contributed by atoms with Crippen LogP contribution >= 0.6 is 15.9 Å². The second-order valence-corrected chi connectivity index (χ2v) is 9.72. The van der Waals surface area contributed by atoms with Crippen molar-refractivity contribution in [2.45, 2.75) is 23.8 Å². The number of anilines is 1. The van der Waals surface area contributed by atoms with Gasteiger partial charge in [-0.3, -0.25) is 9.52 Å². The van der Waals surface area contributed by atoms with Gasteiger partial charge in [0, 0.05) is 34.9 Å². The Kier molecular flexibility index (Phi) is 6.42. The monoisotopic (exact) mass is 465 g/mol. The highest BCUT2D eigenvalue weighted by Crippen LogP contribution is 2.21. The van der Waals surface area contributed by atoms with E-state index in [2.05, 4.69) is 39.6 Å². The van der Waals surface area contributed by atoms with Crippen molar-refractivity contribution in [2.24, 2.45) is 0 Å². The molecule has 2 aromatic carbocycles. The van der Waals surface area contributed by atoms with Crippen LogP contribution in [-0.4, -0.2) is 57.4 Å². The lowest BCUT2D eigenvalue weighted by Crippen LogP contribution is -2.44. The van der Waals surface area contributed by atoms with Gasteiger partial charge in [-0.05, 0) is 75.5 Å². The van der Waals surface area contributed by atoms with Crippen LogP contribution in [-0.2, 0) is 10.0 Å². The van der Waals surface area contributed by atoms with Gasteiger partial charge in [-0.1, -0.05) is 15.9 Å². The van der Waals surface area contributed by atoms with Gasteiger partial charge in [0.25, 0.3) is 15.9 Å². The topological polar surface area (TPSA) is 69.7 Å². The van der Waals surface area contributed by atoms with E-state index in [0.29, 0.717) is 17.3 Å². The minimum absolute atomic E-state index is 0.0143. The van der Waals surface area contributed by atoms with Crippen LogP contribution in [0.2, 0.25) is 0 Å². The van der Waals surface area contributed by atoms with Crippen molar-refractivity contribution >= 4 is 37.5 Å². The van der Waals surface area contributed by atoms with Gasteiger partial charge in [0.2, 0.25) is 0 Å². The van der Waals surface area contributed by atoms with Crippen molar-refractivity contribution in [3.8, 4) is 0 Å². The smallest absolute Gasteiger partial charge is 0.261 e. The third kappa shape index (κ3) is 4.92. The van der Waals surface area contributed by atoms with Gasteiger partial charge in [-0.2, -0.15) is 0 Å². The first kappa shape index (κ1) is 20.8. The van der Waals surface area contributed by atoms with Crippen molar-refractivity contribution < 1.29 is 13.2 Å². The molecule has 0 unspecified atom stereocenters. The standard InChI is InChI=1S/C20H24BrN3O3S/c1-23(2)18-11-13-24(14-12-18)20(25)15-3-7-17(8-4-15)22-28(26,27)19-9-5-16(21)6-10-19/h3-10,18,22H,11-14H2,1-2H3. The zero-order valence-electron chi connectivity index (χ0n) is 15.9. The third-order valence-corrected chi connectivity index (χ3v) is 6.92. The number of benzene rings is 2. The summed E-state index contributed by atoms with van der Waals surface area (Å²) in [6, 6.07) is 13.5. The second kappa shape index (κ2) is 8.63. The summed E-state index contributed by atoms with van der Waals surface area (Å²) >= 11 is 3.29. The molecular formula is C20H24BrN3O3S. The van der Waals surface area contributed by atoms with Crippen molar-refractivity contribution in [1.29, 1.82) is 0 Å². The fourth-order valence-electron chi connectivity index (χ4n) is 3.28. The molecular weight excluding hydrogens is 442 g/mol. The van der Waals surface area contributed by atoms with Crippen molar-refractivity contribution in [1.82, 2.24) is 9.80 Å². The lowest BCUT2D eigenvalue weighted by atomic mass is 10.0. The van der Waals surface area contributed by atoms with Crippen LogP contribution in [0.25, 0.3) is 0 Å². The van der Waals surface area contributed by atoms with E-state index in [9.17, 15) is 13.2 Å². The number of hydrogen-bond donors (Lipinski definition) is 1. The van der Waals surface area contributed by atoms with Crippen molar-refractivity contribution in [3.63, 3.8) is 0 Å². The van der Waals surface area contributed by atoms with Crippen LogP contribution in [0, 0.1) is 0 Å². The average Bonchev–Trinajstić information content (AvgIpc) is 2.68. The van der Waals surface area contributed by atoms with Crippen LogP contribution in [0.1, 0.15) is 23.2 Å². The van der Waals surface area contributed by atoms with Crippen LogP contribution in [0.5, 0.6) is 0 Å². The zero-order valence-corrected chi connectivity index (χ0v) is 18.3. The number of carbonyl (C=O) groups excluding carboxylic acids is 1. The molecule has 1 heterocycles. The summed E-state index contributed by atoms with van der Waals surface area (Å²) in [5.74, 6) is -0.0143. The van der Waals surface area contributed by atoms with Gasteiger partial charge in [0.15, 0.2) is 0 Å². The van der Waals surface area contributed by atoms with Gasteiger partial charge in [-0.25, -0.2) is 8.42 Å². The first-order chi connectivity index (χ1) is 13.3. The van der Waals surface area contributed by atoms with E-state index in [0.717, 1.165) is 30.4 Å². The number of nitrogens with zero attached hydrogens (tertiary/aromatic N) is 2. The molecule has 1 aliphatic rings. The number of halogens is 1. The molecule has 0 bridgehead atoms. The zero-order chi connectivity index (χ0) is 20.3. The van der Waals surface area contributed by atoms with Crippen LogP contribution in [0.3, 0.4) is 0 Å². The van der Waals surface area contributed by atoms with Gasteiger partial charge >= 0.3 is 0 Å². The molecule has 0 spiro atoms. The normalized spacial score (nSPS) is 15.6. The first-order valence-corrected chi connectivity index (χ1v) is 11.4. The fourth-order valence-corrected chi connectivity index (χ4v) is 4.60. The summed E-state index contributed by atoms with van der Waals surface area (Å²) in [5, 5.41) is 0. The Labute approximate surface area is 174 Å². The molecule has 0 atom stereocenters. The Morgan fingerprint density at radius 3 is 2.14 bits per heavy atom. The van der Waals surface area contributed by atoms with Gasteiger partial charge in [0.05, 0.1) is 4.90 Å². The Morgan fingerprint density at radius 2 is 1.61 bits per heavy atom. The highest BCUT2D eigenvalue weighted by Gasteiger charge is 2.24. The summed E-state index contributed by atoms with van der Waals surface area (Å²) in [5.41, 5.74) is 0.987. The van der Waals surface area contributed by atoms with E-state index in [4.69, 9.17) is 0 Å². The number of piperidine rings is 1. The SMILES string of the molecule is CN(C)C1CCN(C(=O)c2ccc(NS(=O)(=O)c3ccc(Br)cc3)cc2)CC1. The molecule has 0 aromatic heterocycles. The molecule has 1 N–H and O–H groups in total. The van der Waals surface area contributed by atoms with E-state index in [1.165, 1.54) is 12.1 Å². The summed E-state index contributed by atoms with van der Waals surface area (Å²) in [7, 11) is 0.463. The maximum atomic E-state index is 12.7. The minimum Gasteiger partial charge on any atom is -0.339 e. The molecule has 0 saturated carbocycles. The van der Waals surface area contributed by atoms with Gasteiger partial charge in [-0.15, -0.1) is 0 Å². The fraction of sp³-hybridized carbons (Fsp3) is 0.350.